The quantitative estimate of drug-likeness (QED) is 0.595. The monoisotopic (exact) mass is 187 g/mol. The fraction of sp³-hybridized carbons (Fsp3) is 1.00. The van der Waals surface area contributed by atoms with E-state index in [4.69, 9.17) is 15.9 Å². The molecule has 1 unspecified atom stereocenters. The van der Waals surface area contributed by atoms with E-state index in [2.05, 4.69) is 0 Å². The van der Waals surface area contributed by atoms with Crippen molar-refractivity contribution >= 4 is 0 Å². The first-order chi connectivity index (χ1) is 6.31. The SMILES string of the molecule is NCC(CO)C1CCC(CO)CC1. The Morgan fingerprint density at radius 3 is 2.15 bits per heavy atom. The predicted octanol–water partition coefficient (Wildman–Crippen LogP) is 0.352. The van der Waals surface area contributed by atoms with Gasteiger partial charge in [0.15, 0.2) is 0 Å². The highest BCUT2D eigenvalue weighted by molar-refractivity contribution is 4.77. The summed E-state index contributed by atoms with van der Waals surface area (Å²) in [6, 6.07) is 0. The highest BCUT2D eigenvalue weighted by Crippen LogP contribution is 2.32. The lowest BCUT2D eigenvalue weighted by Gasteiger charge is -2.31. The lowest BCUT2D eigenvalue weighted by molar-refractivity contribution is 0.113. The van der Waals surface area contributed by atoms with Gasteiger partial charge in [-0.3, -0.25) is 0 Å². The lowest BCUT2D eigenvalue weighted by Crippen LogP contribution is -2.30. The number of hydrogen-bond acceptors (Lipinski definition) is 3. The van der Waals surface area contributed by atoms with Gasteiger partial charge >= 0.3 is 0 Å². The predicted molar refractivity (Wildman–Crippen MR) is 52.2 cm³/mol. The van der Waals surface area contributed by atoms with Crippen LogP contribution in [0.1, 0.15) is 25.7 Å². The van der Waals surface area contributed by atoms with Gasteiger partial charge < -0.3 is 15.9 Å². The highest BCUT2D eigenvalue weighted by atomic mass is 16.3. The van der Waals surface area contributed by atoms with Crippen LogP contribution in [0.4, 0.5) is 0 Å². The van der Waals surface area contributed by atoms with Gasteiger partial charge in [-0.2, -0.15) is 0 Å². The van der Waals surface area contributed by atoms with Crippen LogP contribution in [0, 0.1) is 17.8 Å². The minimum Gasteiger partial charge on any atom is -0.396 e. The van der Waals surface area contributed by atoms with Gasteiger partial charge in [0.2, 0.25) is 0 Å². The molecular weight excluding hydrogens is 166 g/mol. The van der Waals surface area contributed by atoms with Gasteiger partial charge in [0, 0.05) is 13.2 Å². The molecule has 3 nitrogen and oxygen atoms in total. The second-order valence-corrected chi connectivity index (χ2v) is 4.14. The summed E-state index contributed by atoms with van der Waals surface area (Å²) in [5, 5.41) is 18.0. The van der Waals surface area contributed by atoms with E-state index >= 15 is 0 Å². The molecule has 1 aliphatic rings. The summed E-state index contributed by atoms with van der Waals surface area (Å²) in [5.41, 5.74) is 5.57. The van der Waals surface area contributed by atoms with Crippen molar-refractivity contribution in [1.29, 1.82) is 0 Å². The number of hydrogen-bond donors (Lipinski definition) is 3. The first-order valence-electron chi connectivity index (χ1n) is 5.23. The molecule has 0 spiro atoms. The van der Waals surface area contributed by atoms with Crippen LogP contribution in [0.15, 0.2) is 0 Å². The molecule has 0 aromatic heterocycles. The summed E-state index contributed by atoms with van der Waals surface area (Å²) in [5.74, 6) is 1.35. The van der Waals surface area contributed by atoms with Crippen LogP contribution in [0.25, 0.3) is 0 Å². The van der Waals surface area contributed by atoms with E-state index in [1.54, 1.807) is 0 Å². The molecule has 4 N–H and O–H groups in total. The minimum absolute atomic E-state index is 0.213. The van der Waals surface area contributed by atoms with Crippen molar-refractivity contribution in [3.05, 3.63) is 0 Å². The summed E-state index contributed by atoms with van der Waals surface area (Å²) in [6.45, 7) is 1.12. The fourth-order valence-electron chi connectivity index (χ4n) is 2.26. The van der Waals surface area contributed by atoms with Crippen molar-refractivity contribution in [2.75, 3.05) is 19.8 Å². The Labute approximate surface area is 79.9 Å². The van der Waals surface area contributed by atoms with E-state index in [1.807, 2.05) is 0 Å². The molecule has 0 amide bonds. The molecule has 1 fully saturated rings. The van der Waals surface area contributed by atoms with Gasteiger partial charge in [0.25, 0.3) is 0 Å². The Morgan fingerprint density at radius 2 is 1.77 bits per heavy atom. The topological polar surface area (TPSA) is 66.5 Å². The molecule has 0 saturated heterocycles. The van der Waals surface area contributed by atoms with Crippen LogP contribution < -0.4 is 5.73 Å². The molecule has 13 heavy (non-hydrogen) atoms. The van der Waals surface area contributed by atoms with Crippen molar-refractivity contribution in [1.82, 2.24) is 0 Å². The van der Waals surface area contributed by atoms with E-state index in [1.165, 1.54) is 0 Å². The van der Waals surface area contributed by atoms with E-state index < -0.39 is 0 Å². The third kappa shape index (κ3) is 2.93. The zero-order valence-electron chi connectivity index (χ0n) is 8.15. The molecule has 1 aliphatic carbocycles. The second-order valence-electron chi connectivity index (χ2n) is 4.14. The normalized spacial score (nSPS) is 31.6. The summed E-state index contributed by atoms with van der Waals surface area (Å²) in [6.07, 6.45) is 4.43. The molecule has 1 rings (SSSR count). The Bertz CT molecular complexity index is 129. The van der Waals surface area contributed by atoms with Crippen LogP contribution in [-0.4, -0.2) is 30.0 Å². The molecule has 1 saturated carbocycles. The van der Waals surface area contributed by atoms with Crippen molar-refractivity contribution in [3.8, 4) is 0 Å². The van der Waals surface area contributed by atoms with Gasteiger partial charge in [-0.25, -0.2) is 0 Å². The van der Waals surface area contributed by atoms with Gasteiger partial charge in [-0.05, 0) is 50.0 Å². The maximum Gasteiger partial charge on any atom is 0.0473 e. The molecule has 1 atom stereocenters. The molecular formula is C10H21NO2. The Morgan fingerprint density at radius 1 is 1.15 bits per heavy atom. The van der Waals surface area contributed by atoms with E-state index in [0.717, 1.165) is 25.7 Å². The molecule has 0 radical (unpaired) electrons. The summed E-state index contributed by atoms with van der Waals surface area (Å²) < 4.78 is 0. The summed E-state index contributed by atoms with van der Waals surface area (Å²) in [4.78, 5) is 0. The molecule has 3 heteroatoms. The third-order valence-corrected chi connectivity index (χ3v) is 3.35. The first kappa shape index (κ1) is 11.0. The second kappa shape index (κ2) is 5.58. The number of nitrogens with two attached hydrogens (primary N) is 1. The Balaban J connectivity index is 2.30. The average Bonchev–Trinajstić information content (AvgIpc) is 2.21. The molecule has 0 aliphatic heterocycles. The van der Waals surface area contributed by atoms with Crippen molar-refractivity contribution in [3.63, 3.8) is 0 Å². The molecule has 78 valence electrons. The molecule has 0 aromatic rings. The van der Waals surface area contributed by atoms with Crippen LogP contribution >= 0.6 is 0 Å². The van der Waals surface area contributed by atoms with Crippen LogP contribution in [-0.2, 0) is 0 Å². The average molecular weight is 187 g/mol. The third-order valence-electron chi connectivity index (χ3n) is 3.35. The van der Waals surface area contributed by atoms with E-state index in [0.29, 0.717) is 25.0 Å². The summed E-state index contributed by atoms with van der Waals surface area (Å²) >= 11 is 0. The molecule has 0 heterocycles. The smallest absolute Gasteiger partial charge is 0.0473 e. The minimum atomic E-state index is 0.213. The molecule has 0 bridgehead atoms. The van der Waals surface area contributed by atoms with Crippen molar-refractivity contribution in [2.45, 2.75) is 25.7 Å². The zero-order chi connectivity index (χ0) is 9.68. The first-order valence-corrected chi connectivity index (χ1v) is 5.23. The van der Waals surface area contributed by atoms with Crippen molar-refractivity contribution in [2.24, 2.45) is 23.5 Å². The number of rotatable bonds is 4. The van der Waals surface area contributed by atoms with Crippen molar-refractivity contribution < 1.29 is 10.2 Å². The van der Waals surface area contributed by atoms with Gasteiger partial charge in [-0.15, -0.1) is 0 Å². The number of aliphatic hydroxyl groups excluding tert-OH is 2. The zero-order valence-corrected chi connectivity index (χ0v) is 8.15. The van der Waals surface area contributed by atoms with Crippen LogP contribution in [0.5, 0.6) is 0 Å². The standard InChI is InChI=1S/C10H21NO2/c11-5-10(7-13)9-3-1-8(6-12)2-4-9/h8-10,12-13H,1-7,11H2. The maximum atomic E-state index is 9.07. The fourth-order valence-corrected chi connectivity index (χ4v) is 2.26. The number of aliphatic hydroxyl groups is 2. The lowest BCUT2D eigenvalue weighted by atomic mass is 9.76. The molecule has 0 aromatic carbocycles. The van der Waals surface area contributed by atoms with E-state index in [9.17, 15) is 0 Å². The highest BCUT2D eigenvalue weighted by Gasteiger charge is 2.25. The maximum absolute atomic E-state index is 9.07. The van der Waals surface area contributed by atoms with E-state index in [-0.39, 0.29) is 12.5 Å². The van der Waals surface area contributed by atoms with Gasteiger partial charge in [0.05, 0.1) is 0 Å². The Hall–Kier alpha value is -0.120. The van der Waals surface area contributed by atoms with Gasteiger partial charge in [-0.1, -0.05) is 0 Å². The summed E-state index contributed by atoms with van der Waals surface area (Å²) in [7, 11) is 0. The largest absolute Gasteiger partial charge is 0.396 e. The van der Waals surface area contributed by atoms with Crippen LogP contribution in [0.3, 0.4) is 0 Å². The van der Waals surface area contributed by atoms with Gasteiger partial charge in [0.1, 0.15) is 0 Å². The van der Waals surface area contributed by atoms with Crippen LogP contribution in [0.2, 0.25) is 0 Å². The Kier molecular flexibility index (Phi) is 4.70.